The van der Waals surface area contributed by atoms with Gasteiger partial charge in [0.15, 0.2) is 0 Å². The lowest BCUT2D eigenvalue weighted by Gasteiger charge is -2.36. The smallest absolute Gasteiger partial charge is 0.404 e. The molecule has 118 valence electrons. The van der Waals surface area contributed by atoms with Gasteiger partial charge in [-0.3, -0.25) is 4.90 Å². The van der Waals surface area contributed by atoms with Crippen molar-refractivity contribution in [3.63, 3.8) is 0 Å². The maximum atomic E-state index is 10.8. The number of H-pyrrole nitrogens is 1. The summed E-state index contributed by atoms with van der Waals surface area (Å²) in [6, 6.07) is 0.0173. The molecule has 2 aromatic rings. The molecule has 0 saturated carbocycles. The summed E-state index contributed by atoms with van der Waals surface area (Å²) in [5, 5.41) is 12.8. The first-order valence-corrected chi connectivity index (χ1v) is 7.60. The molecule has 0 unspecified atom stereocenters. The fraction of sp³-hybridized carbons (Fsp3) is 0.500. The second-order valence-corrected chi connectivity index (χ2v) is 6.12. The van der Waals surface area contributed by atoms with Crippen LogP contribution in [-0.4, -0.2) is 50.2 Å². The van der Waals surface area contributed by atoms with E-state index in [-0.39, 0.29) is 12.0 Å². The molecule has 0 bridgehead atoms. The Hall–Kier alpha value is -1.86. The van der Waals surface area contributed by atoms with Gasteiger partial charge in [0.05, 0.1) is 5.39 Å². The van der Waals surface area contributed by atoms with Crippen molar-refractivity contribution < 1.29 is 9.90 Å². The number of aromatic amines is 1. The monoisotopic (exact) mass is 323 g/mol. The first-order chi connectivity index (χ1) is 10.5. The van der Waals surface area contributed by atoms with Crippen molar-refractivity contribution in [1.29, 1.82) is 0 Å². The number of amides is 1. The number of carboxylic acid groups (broad SMARTS) is 1. The third-order valence-corrected chi connectivity index (χ3v) is 4.48. The molecule has 8 heteroatoms. The van der Waals surface area contributed by atoms with Crippen LogP contribution in [0.2, 0.25) is 5.15 Å². The number of nitrogens with one attached hydrogen (secondary N) is 2. The molecule has 1 aliphatic rings. The number of aromatic nitrogens is 3. The molecule has 7 nitrogen and oxygen atoms in total. The van der Waals surface area contributed by atoms with Crippen molar-refractivity contribution in [1.82, 2.24) is 25.2 Å². The van der Waals surface area contributed by atoms with E-state index in [1.165, 1.54) is 6.33 Å². The third-order valence-electron chi connectivity index (χ3n) is 4.20. The Bertz CT molecular complexity index is 689. The van der Waals surface area contributed by atoms with Crippen LogP contribution in [0.5, 0.6) is 0 Å². The van der Waals surface area contributed by atoms with Gasteiger partial charge >= 0.3 is 6.09 Å². The Morgan fingerprint density at radius 1 is 1.59 bits per heavy atom. The molecule has 1 fully saturated rings. The highest BCUT2D eigenvalue weighted by Gasteiger charge is 2.27. The molecule has 2 atom stereocenters. The number of piperidine rings is 1. The number of hydrogen-bond donors (Lipinski definition) is 3. The van der Waals surface area contributed by atoms with Gasteiger partial charge in [0, 0.05) is 31.9 Å². The lowest BCUT2D eigenvalue weighted by atomic mass is 9.93. The summed E-state index contributed by atoms with van der Waals surface area (Å²) in [4.78, 5) is 24.4. The molecule has 0 spiro atoms. The summed E-state index contributed by atoms with van der Waals surface area (Å²) < 4.78 is 0. The topological polar surface area (TPSA) is 94.1 Å². The molecule has 1 saturated heterocycles. The Morgan fingerprint density at radius 2 is 2.41 bits per heavy atom. The quantitative estimate of drug-likeness (QED) is 0.752. The SMILES string of the molecule is C[C@@H]1CN(Cc2c[nH]c3ncnc(Cl)c23)CC[C@H]1NC(=O)O. The molecule has 0 radical (unpaired) electrons. The second kappa shape index (κ2) is 6.10. The zero-order valence-corrected chi connectivity index (χ0v) is 13.0. The van der Waals surface area contributed by atoms with Crippen LogP contribution in [0.3, 0.4) is 0 Å². The normalized spacial score (nSPS) is 22.8. The maximum absolute atomic E-state index is 10.8. The largest absolute Gasteiger partial charge is 0.465 e. The van der Waals surface area contributed by atoms with E-state index in [1.807, 2.05) is 6.20 Å². The molecular weight excluding hydrogens is 306 g/mol. The summed E-state index contributed by atoms with van der Waals surface area (Å²) in [5.41, 5.74) is 1.81. The molecular formula is C14H18ClN5O2. The molecule has 3 heterocycles. The van der Waals surface area contributed by atoms with Gasteiger partial charge < -0.3 is 15.4 Å². The number of fused-ring (bicyclic) bond motifs is 1. The van der Waals surface area contributed by atoms with Crippen molar-refractivity contribution >= 4 is 28.7 Å². The number of halogens is 1. The number of rotatable bonds is 3. The van der Waals surface area contributed by atoms with E-state index < -0.39 is 6.09 Å². The van der Waals surface area contributed by atoms with Gasteiger partial charge in [0.2, 0.25) is 0 Å². The van der Waals surface area contributed by atoms with Crippen LogP contribution in [0, 0.1) is 5.92 Å². The molecule has 1 aliphatic heterocycles. The number of nitrogens with zero attached hydrogens (tertiary/aromatic N) is 3. The van der Waals surface area contributed by atoms with Crippen molar-refractivity contribution in [2.45, 2.75) is 25.9 Å². The van der Waals surface area contributed by atoms with Gasteiger partial charge in [-0.25, -0.2) is 14.8 Å². The predicted molar refractivity (Wildman–Crippen MR) is 82.9 cm³/mol. The van der Waals surface area contributed by atoms with Crippen molar-refractivity contribution in [3.8, 4) is 0 Å². The van der Waals surface area contributed by atoms with Crippen molar-refractivity contribution in [2.75, 3.05) is 13.1 Å². The van der Waals surface area contributed by atoms with Crippen LogP contribution >= 0.6 is 11.6 Å². The zero-order valence-electron chi connectivity index (χ0n) is 12.2. The highest BCUT2D eigenvalue weighted by Crippen LogP contribution is 2.26. The van der Waals surface area contributed by atoms with Crippen LogP contribution < -0.4 is 5.32 Å². The van der Waals surface area contributed by atoms with Gasteiger partial charge in [0.1, 0.15) is 17.1 Å². The molecule has 1 amide bonds. The maximum Gasteiger partial charge on any atom is 0.404 e. The fourth-order valence-corrected chi connectivity index (χ4v) is 3.35. The van der Waals surface area contributed by atoms with Crippen LogP contribution in [0.25, 0.3) is 11.0 Å². The predicted octanol–water partition coefficient (Wildman–Crippen LogP) is 2.09. The van der Waals surface area contributed by atoms with Gasteiger partial charge in [0.25, 0.3) is 0 Å². The van der Waals surface area contributed by atoms with E-state index in [4.69, 9.17) is 16.7 Å². The van der Waals surface area contributed by atoms with E-state index in [0.717, 1.165) is 42.7 Å². The average Bonchev–Trinajstić information content (AvgIpc) is 2.86. The Balaban J connectivity index is 1.70. The van der Waals surface area contributed by atoms with Gasteiger partial charge in [-0.1, -0.05) is 18.5 Å². The van der Waals surface area contributed by atoms with Crippen LogP contribution in [0.4, 0.5) is 4.79 Å². The lowest BCUT2D eigenvalue weighted by Crippen LogP contribution is -2.49. The van der Waals surface area contributed by atoms with E-state index in [1.54, 1.807) is 0 Å². The first-order valence-electron chi connectivity index (χ1n) is 7.23. The van der Waals surface area contributed by atoms with E-state index in [2.05, 4.69) is 32.1 Å². The molecule has 22 heavy (non-hydrogen) atoms. The van der Waals surface area contributed by atoms with Crippen molar-refractivity contribution in [3.05, 3.63) is 23.2 Å². The van der Waals surface area contributed by atoms with Gasteiger partial charge in [-0.05, 0) is 17.9 Å². The Morgan fingerprint density at radius 3 is 3.14 bits per heavy atom. The second-order valence-electron chi connectivity index (χ2n) is 5.76. The molecule has 0 aromatic carbocycles. The third kappa shape index (κ3) is 3.00. The molecule has 2 aromatic heterocycles. The molecule has 3 rings (SSSR count). The lowest BCUT2D eigenvalue weighted by molar-refractivity contribution is 0.132. The molecule has 3 N–H and O–H groups in total. The van der Waals surface area contributed by atoms with Crippen molar-refractivity contribution in [2.24, 2.45) is 5.92 Å². The minimum absolute atomic E-state index is 0.0173. The van der Waals surface area contributed by atoms with Crippen LogP contribution in [0.1, 0.15) is 18.9 Å². The van der Waals surface area contributed by atoms with Gasteiger partial charge in [-0.15, -0.1) is 0 Å². The summed E-state index contributed by atoms with van der Waals surface area (Å²) in [6.45, 7) is 4.49. The summed E-state index contributed by atoms with van der Waals surface area (Å²) in [5.74, 6) is 0.266. The first kappa shape index (κ1) is 15.1. The summed E-state index contributed by atoms with van der Waals surface area (Å²) >= 11 is 6.17. The minimum Gasteiger partial charge on any atom is -0.465 e. The average molecular weight is 324 g/mol. The highest BCUT2D eigenvalue weighted by molar-refractivity contribution is 6.34. The summed E-state index contributed by atoms with van der Waals surface area (Å²) in [6.07, 6.45) is 3.21. The van der Waals surface area contributed by atoms with Crippen LogP contribution in [-0.2, 0) is 6.54 Å². The molecule has 0 aliphatic carbocycles. The van der Waals surface area contributed by atoms with Gasteiger partial charge in [-0.2, -0.15) is 0 Å². The summed E-state index contributed by atoms with van der Waals surface area (Å²) in [7, 11) is 0. The van der Waals surface area contributed by atoms with E-state index >= 15 is 0 Å². The standard InChI is InChI=1S/C14H18ClN5O2/c1-8-5-20(3-2-10(8)19-14(21)22)6-9-4-16-13-11(9)12(15)17-7-18-13/h4,7-8,10,19H,2-3,5-6H2,1H3,(H,21,22)(H,16,17,18)/t8-,10-/m1/s1. The van der Waals surface area contributed by atoms with E-state index in [0.29, 0.717) is 5.15 Å². The number of likely N-dealkylation sites (tertiary alicyclic amines) is 1. The van der Waals surface area contributed by atoms with Crippen LogP contribution in [0.15, 0.2) is 12.5 Å². The Kier molecular flexibility index (Phi) is 4.17. The Labute approximate surface area is 132 Å². The number of hydrogen-bond acceptors (Lipinski definition) is 4. The minimum atomic E-state index is -0.953. The zero-order chi connectivity index (χ0) is 15.7. The van der Waals surface area contributed by atoms with E-state index in [9.17, 15) is 4.79 Å². The fourth-order valence-electron chi connectivity index (χ4n) is 3.10. The number of carbonyl (C=O) groups is 1. The highest BCUT2D eigenvalue weighted by atomic mass is 35.5.